The molecule has 138 valence electrons. The van der Waals surface area contributed by atoms with E-state index in [1.165, 1.54) is 11.8 Å². The number of ether oxygens (including phenoxy) is 1. The zero-order chi connectivity index (χ0) is 19.1. The van der Waals surface area contributed by atoms with E-state index in [2.05, 4.69) is 10.9 Å². The number of nitrogens with one attached hydrogen (secondary N) is 2. The molecule has 0 aliphatic carbocycles. The number of rotatable bonds is 6. The molecule has 0 aliphatic heterocycles. The molecule has 2 unspecified atom stereocenters. The summed E-state index contributed by atoms with van der Waals surface area (Å²) in [5.41, 5.74) is 6.96. The molecule has 0 saturated heterocycles. The molecule has 0 aromatic heterocycles. The van der Waals surface area contributed by atoms with Gasteiger partial charge in [-0.3, -0.25) is 20.4 Å². The van der Waals surface area contributed by atoms with Crippen molar-refractivity contribution in [1.82, 2.24) is 10.9 Å². The molecule has 5 nitrogen and oxygen atoms in total. The molecule has 0 aliphatic rings. The number of benzene rings is 2. The van der Waals surface area contributed by atoms with Gasteiger partial charge in [0.2, 0.25) is 0 Å². The van der Waals surface area contributed by atoms with E-state index < -0.39 is 12.0 Å². The highest BCUT2D eigenvalue weighted by atomic mass is 32.2. The molecule has 2 atom stereocenters. The first kappa shape index (κ1) is 19.8. The monoisotopic (exact) mass is 372 g/mol. The van der Waals surface area contributed by atoms with Crippen LogP contribution in [0.2, 0.25) is 0 Å². The minimum Gasteiger partial charge on any atom is -0.481 e. The van der Waals surface area contributed by atoms with E-state index >= 15 is 0 Å². The van der Waals surface area contributed by atoms with Gasteiger partial charge >= 0.3 is 0 Å². The number of aryl methyl sites for hydroxylation is 1. The highest BCUT2D eigenvalue weighted by Crippen LogP contribution is 2.23. The van der Waals surface area contributed by atoms with E-state index in [-0.39, 0.29) is 11.2 Å². The van der Waals surface area contributed by atoms with Gasteiger partial charge in [0.1, 0.15) is 5.75 Å². The fraction of sp³-hybridized carbons (Fsp3) is 0.300. The van der Waals surface area contributed by atoms with E-state index in [0.717, 1.165) is 16.0 Å². The zero-order valence-corrected chi connectivity index (χ0v) is 16.2. The summed E-state index contributed by atoms with van der Waals surface area (Å²) in [5.74, 6) is -0.0192. The summed E-state index contributed by atoms with van der Waals surface area (Å²) in [6.45, 7) is 7.36. The van der Waals surface area contributed by atoms with E-state index in [4.69, 9.17) is 4.74 Å². The molecule has 26 heavy (non-hydrogen) atoms. The molecule has 2 rings (SSSR count). The fourth-order valence-electron chi connectivity index (χ4n) is 2.18. The quantitative estimate of drug-likeness (QED) is 0.602. The van der Waals surface area contributed by atoms with Crippen molar-refractivity contribution in [3.8, 4) is 5.75 Å². The number of hydrogen-bond acceptors (Lipinski definition) is 4. The Morgan fingerprint density at radius 3 is 2.27 bits per heavy atom. The van der Waals surface area contributed by atoms with Crippen molar-refractivity contribution in [2.75, 3.05) is 0 Å². The Labute approximate surface area is 158 Å². The summed E-state index contributed by atoms with van der Waals surface area (Å²) in [7, 11) is 0. The fourth-order valence-corrected chi connectivity index (χ4v) is 3.07. The van der Waals surface area contributed by atoms with Crippen molar-refractivity contribution >= 4 is 23.6 Å². The molecule has 0 spiro atoms. The van der Waals surface area contributed by atoms with Gasteiger partial charge < -0.3 is 4.74 Å². The van der Waals surface area contributed by atoms with Crippen LogP contribution in [-0.4, -0.2) is 23.2 Å². The summed E-state index contributed by atoms with van der Waals surface area (Å²) < 4.78 is 5.71. The molecule has 2 amide bonds. The lowest BCUT2D eigenvalue weighted by Crippen LogP contribution is -2.49. The average Bonchev–Trinajstić information content (AvgIpc) is 2.63. The van der Waals surface area contributed by atoms with Gasteiger partial charge in [-0.2, -0.15) is 0 Å². The van der Waals surface area contributed by atoms with Gasteiger partial charge in [-0.1, -0.05) is 30.3 Å². The number of amides is 2. The van der Waals surface area contributed by atoms with Crippen molar-refractivity contribution < 1.29 is 14.3 Å². The SMILES string of the molecule is Cc1cccc(OC(C)C(=O)NNC(=O)C(C)Sc2ccccc2)c1C. The molecular weight excluding hydrogens is 348 g/mol. The van der Waals surface area contributed by atoms with E-state index in [1.54, 1.807) is 13.8 Å². The number of thioether (sulfide) groups is 1. The van der Waals surface area contributed by atoms with Crippen molar-refractivity contribution in [3.63, 3.8) is 0 Å². The topological polar surface area (TPSA) is 67.4 Å². The largest absolute Gasteiger partial charge is 0.481 e. The standard InChI is InChI=1S/C20H24N2O3S/c1-13-9-8-12-18(14(13)2)25-15(3)19(23)21-22-20(24)16(4)26-17-10-6-5-7-11-17/h5-12,15-16H,1-4H3,(H,21,23)(H,22,24). The number of carbonyl (C=O) groups is 2. The van der Waals surface area contributed by atoms with Crippen LogP contribution in [0.5, 0.6) is 5.75 Å². The van der Waals surface area contributed by atoms with E-state index in [0.29, 0.717) is 5.75 Å². The molecule has 0 radical (unpaired) electrons. The van der Waals surface area contributed by atoms with Gasteiger partial charge in [0, 0.05) is 4.90 Å². The van der Waals surface area contributed by atoms with Crippen LogP contribution in [0.15, 0.2) is 53.4 Å². The third-order valence-corrected chi connectivity index (χ3v) is 5.07. The highest BCUT2D eigenvalue weighted by Gasteiger charge is 2.19. The third-order valence-electron chi connectivity index (χ3n) is 3.96. The van der Waals surface area contributed by atoms with E-state index in [9.17, 15) is 9.59 Å². The minimum absolute atomic E-state index is 0.272. The second kappa shape index (κ2) is 9.29. The molecular formula is C20H24N2O3S. The zero-order valence-electron chi connectivity index (χ0n) is 15.4. The van der Waals surface area contributed by atoms with Gasteiger partial charge in [-0.25, -0.2) is 0 Å². The number of hydrogen-bond donors (Lipinski definition) is 2. The highest BCUT2D eigenvalue weighted by molar-refractivity contribution is 8.00. The molecule has 0 heterocycles. The molecule has 2 aromatic rings. The van der Waals surface area contributed by atoms with Gasteiger partial charge in [0.05, 0.1) is 5.25 Å². The number of hydrazine groups is 1. The van der Waals surface area contributed by atoms with Gasteiger partial charge in [-0.15, -0.1) is 11.8 Å². The van der Waals surface area contributed by atoms with Crippen LogP contribution in [0, 0.1) is 13.8 Å². The lowest BCUT2D eigenvalue weighted by atomic mass is 10.1. The lowest BCUT2D eigenvalue weighted by Gasteiger charge is -2.18. The molecule has 0 bridgehead atoms. The van der Waals surface area contributed by atoms with Crippen molar-refractivity contribution in [2.45, 2.75) is 43.9 Å². The molecule has 0 fully saturated rings. The Morgan fingerprint density at radius 2 is 1.58 bits per heavy atom. The second-order valence-corrected chi connectivity index (χ2v) is 7.42. The molecule has 6 heteroatoms. The Hall–Kier alpha value is -2.47. The van der Waals surface area contributed by atoms with Crippen molar-refractivity contribution in [1.29, 1.82) is 0 Å². The Kier molecular flexibility index (Phi) is 7.09. The molecule has 2 aromatic carbocycles. The van der Waals surface area contributed by atoms with Crippen LogP contribution in [0.1, 0.15) is 25.0 Å². The molecule has 2 N–H and O–H groups in total. The Morgan fingerprint density at radius 1 is 0.923 bits per heavy atom. The maximum absolute atomic E-state index is 12.2. The normalized spacial score (nSPS) is 12.8. The average molecular weight is 372 g/mol. The summed E-state index contributed by atoms with van der Waals surface area (Å²) in [4.78, 5) is 25.3. The lowest BCUT2D eigenvalue weighted by molar-refractivity contribution is -0.132. The second-order valence-electron chi connectivity index (χ2n) is 6.01. The van der Waals surface area contributed by atoms with Crippen LogP contribution in [0.25, 0.3) is 0 Å². The van der Waals surface area contributed by atoms with Crippen LogP contribution in [0.4, 0.5) is 0 Å². The summed E-state index contributed by atoms with van der Waals surface area (Å²) in [5, 5.41) is -0.340. The minimum atomic E-state index is -0.729. The molecule has 0 saturated carbocycles. The predicted octanol–water partition coefficient (Wildman–Crippen LogP) is 3.40. The van der Waals surface area contributed by atoms with Gasteiger partial charge in [0.25, 0.3) is 11.8 Å². The van der Waals surface area contributed by atoms with Crippen LogP contribution < -0.4 is 15.6 Å². The summed E-state index contributed by atoms with van der Waals surface area (Å²) >= 11 is 1.42. The summed E-state index contributed by atoms with van der Waals surface area (Å²) in [6, 6.07) is 15.3. The van der Waals surface area contributed by atoms with Crippen LogP contribution >= 0.6 is 11.8 Å². The first-order chi connectivity index (χ1) is 12.4. The smallest absolute Gasteiger partial charge is 0.279 e. The van der Waals surface area contributed by atoms with Gasteiger partial charge in [0.15, 0.2) is 6.10 Å². The predicted molar refractivity (Wildman–Crippen MR) is 104 cm³/mol. The Balaban J connectivity index is 1.83. The first-order valence-corrected chi connectivity index (χ1v) is 9.30. The maximum Gasteiger partial charge on any atom is 0.279 e. The third kappa shape index (κ3) is 5.52. The van der Waals surface area contributed by atoms with Crippen LogP contribution in [0.3, 0.4) is 0 Å². The first-order valence-electron chi connectivity index (χ1n) is 8.42. The maximum atomic E-state index is 12.2. The van der Waals surface area contributed by atoms with Crippen LogP contribution in [-0.2, 0) is 9.59 Å². The van der Waals surface area contributed by atoms with Crippen molar-refractivity contribution in [2.24, 2.45) is 0 Å². The van der Waals surface area contributed by atoms with Crippen molar-refractivity contribution in [3.05, 3.63) is 59.7 Å². The van der Waals surface area contributed by atoms with E-state index in [1.807, 2.05) is 62.4 Å². The number of carbonyl (C=O) groups excluding carboxylic acids is 2. The Bertz CT molecular complexity index is 765. The summed E-state index contributed by atoms with van der Waals surface area (Å²) in [6.07, 6.45) is -0.729. The van der Waals surface area contributed by atoms with Gasteiger partial charge in [-0.05, 0) is 57.0 Å².